The highest BCUT2D eigenvalue weighted by atomic mass is 16.7. The molecule has 1 aromatic heterocycles. The van der Waals surface area contributed by atoms with Crippen molar-refractivity contribution >= 4 is 11.0 Å². The van der Waals surface area contributed by atoms with Crippen molar-refractivity contribution in [2.75, 3.05) is 33.4 Å². The van der Waals surface area contributed by atoms with E-state index >= 15 is 0 Å². The van der Waals surface area contributed by atoms with Crippen LogP contribution in [0.25, 0.3) is 22.3 Å². The average Bonchev–Trinajstić information content (AvgIpc) is 3.37. The molecule has 28 heavy (non-hydrogen) atoms. The van der Waals surface area contributed by atoms with E-state index < -0.39 is 0 Å². The predicted molar refractivity (Wildman–Crippen MR) is 107 cm³/mol. The van der Waals surface area contributed by atoms with Crippen LogP contribution >= 0.6 is 0 Å². The molecule has 5 rings (SSSR count). The molecule has 2 saturated heterocycles. The average molecular weight is 379 g/mol. The number of rotatable bonds is 4. The summed E-state index contributed by atoms with van der Waals surface area (Å²) >= 11 is 0. The van der Waals surface area contributed by atoms with E-state index in [1.165, 1.54) is 5.56 Å². The molecule has 0 bridgehead atoms. The number of furan rings is 1. The normalized spacial score (nSPS) is 19.5. The summed E-state index contributed by atoms with van der Waals surface area (Å²) < 4.78 is 23.4. The van der Waals surface area contributed by atoms with Crippen molar-refractivity contribution in [2.45, 2.75) is 25.2 Å². The van der Waals surface area contributed by atoms with E-state index in [1.807, 2.05) is 18.2 Å². The van der Waals surface area contributed by atoms with Crippen LogP contribution in [0.5, 0.6) is 5.75 Å². The zero-order valence-corrected chi connectivity index (χ0v) is 16.1. The van der Waals surface area contributed by atoms with Gasteiger partial charge in [0.1, 0.15) is 5.76 Å². The van der Waals surface area contributed by atoms with E-state index in [0.29, 0.717) is 0 Å². The summed E-state index contributed by atoms with van der Waals surface area (Å²) in [5.41, 5.74) is 3.10. The standard InChI is InChI=1S/C23H25NO4/c1-25-21-14-17(16-24-9-7-23(8-10-24)26-11-12-27-23)13-19-15-20(28-22(19)21)18-5-3-2-4-6-18/h2-6,13-15H,7-12,16H2,1H3. The summed E-state index contributed by atoms with van der Waals surface area (Å²) in [7, 11) is 1.70. The Morgan fingerprint density at radius 1 is 1.00 bits per heavy atom. The Kier molecular flexibility index (Phi) is 4.59. The van der Waals surface area contributed by atoms with Gasteiger partial charge in [-0.05, 0) is 23.8 Å². The molecule has 5 nitrogen and oxygen atoms in total. The quantitative estimate of drug-likeness (QED) is 0.670. The Morgan fingerprint density at radius 3 is 2.46 bits per heavy atom. The minimum atomic E-state index is -0.326. The first-order valence-electron chi connectivity index (χ1n) is 9.91. The van der Waals surface area contributed by atoms with Gasteiger partial charge in [0.05, 0.1) is 20.3 Å². The molecule has 0 aliphatic carbocycles. The zero-order chi connectivity index (χ0) is 19.0. The molecular weight excluding hydrogens is 354 g/mol. The third kappa shape index (κ3) is 3.30. The molecule has 0 saturated carbocycles. The summed E-state index contributed by atoms with van der Waals surface area (Å²) in [6.07, 6.45) is 1.85. The van der Waals surface area contributed by atoms with Crippen LogP contribution in [-0.4, -0.2) is 44.1 Å². The van der Waals surface area contributed by atoms with E-state index in [2.05, 4.69) is 35.2 Å². The van der Waals surface area contributed by atoms with Gasteiger partial charge in [0.2, 0.25) is 0 Å². The number of hydrogen-bond acceptors (Lipinski definition) is 5. The SMILES string of the molecule is COc1cc(CN2CCC3(CC2)OCCO3)cc2cc(-c3ccccc3)oc12. The Bertz CT molecular complexity index is 949. The van der Waals surface area contributed by atoms with Gasteiger partial charge in [-0.2, -0.15) is 0 Å². The van der Waals surface area contributed by atoms with E-state index in [0.717, 1.165) is 73.7 Å². The van der Waals surface area contributed by atoms with Gasteiger partial charge in [-0.25, -0.2) is 0 Å². The van der Waals surface area contributed by atoms with Gasteiger partial charge in [-0.3, -0.25) is 4.90 Å². The first-order valence-corrected chi connectivity index (χ1v) is 9.91. The van der Waals surface area contributed by atoms with Crippen LogP contribution in [-0.2, 0) is 16.0 Å². The molecule has 5 heteroatoms. The number of nitrogens with zero attached hydrogens (tertiary/aromatic N) is 1. The maximum Gasteiger partial charge on any atom is 0.176 e. The maximum absolute atomic E-state index is 6.11. The van der Waals surface area contributed by atoms with Gasteiger partial charge in [0, 0.05) is 43.4 Å². The maximum atomic E-state index is 6.11. The topological polar surface area (TPSA) is 44.1 Å². The van der Waals surface area contributed by atoms with Crippen LogP contribution in [0.1, 0.15) is 18.4 Å². The molecule has 0 atom stereocenters. The molecular formula is C23H25NO4. The minimum Gasteiger partial charge on any atom is -0.493 e. The third-order valence-electron chi connectivity index (χ3n) is 5.76. The van der Waals surface area contributed by atoms with Crippen molar-refractivity contribution in [2.24, 2.45) is 0 Å². The molecule has 1 spiro atoms. The lowest BCUT2D eigenvalue weighted by Crippen LogP contribution is -2.44. The minimum absolute atomic E-state index is 0.326. The zero-order valence-electron chi connectivity index (χ0n) is 16.1. The summed E-state index contributed by atoms with van der Waals surface area (Å²) in [5.74, 6) is 1.32. The van der Waals surface area contributed by atoms with Crippen LogP contribution in [0.2, 0.25) is 0 Å². The van der Waals surface area contributed by atoms with Gasteiger partial charge < -0.3 is 18.6 Å². The highest BCUT2D eigenvalue weighted by Crippen LogP contribution is 2.36. The highest BCUT2D eigenvalue weighted by molar-refractivity contribution is 5.88. The van der Waals surface area contributed by atoms with Crippen LogP contribution in [0.3, 0.4) is 0 Å². The first kappa shape index (κ1) is 17.7. The summed E-state index contributed by atoms with van der Waals surface area (Å²) in [4.78, 5) is 2.45. The second-order valence-corrected chi connectivity index (χ2v) is 7.58. The number of likely N-dealkylation sites (tertiary alicyclic amines) is 1. The number of benzene rings is 2. The second kappa shape index (κ2) is 7.24. The van der Waals surface area contributed by atoms with Crippen molar-refractivity contribution in [3.05, 3.63) is 54.1 Å². The number of methoxy groups -OCH3 is 1. The number of fused-ring (bicyclic) bond motifs is 1. The first-order chi connectivity index (χ1) is 13.7. The van der Waals surface area contributed by atoms with Crippen LogP contribution in [0.15, 0.2) is 52.9 Å². The molecule has 3 aromatic rings. The van der Waals surface area contributed by atoms with Gasteiger partial charge in [0.25, 0.3) is 0 Å². The number of ether oxygens (including phenoxy) is 3. The molecule has 0 amide bonds. The molecule has 2 aromatic carbocycles. The fourth-order valence-electron chi connectivity index (χ4n) is 4.26. The number of hydrogen-bond donors (Lipinski definition) is 0. The monoisotopic (exact) mass is 379 g/mol. The molecule has 0 radical (unpaired) electrons. The number of piperidine rings is 1. The summed E-state index contributed by atoms with van der Waals surface area (Å²) in [6, 6.07) is 16.6. The fraction of sp³-hybridized carbons (Fsp3) is 0.391. The smallest absolute Gasteiger partial charge is 0.176 e. The van der Waals surface area contributed by atoms with Crippen LogP contribution < -0.4 is 4.74 Å². The molecule has 0 N–H and O–H groups in total. The van der Waals surface area contributed by atoms with Crippen molar-refractivity contribution in [1.82, 2.24) is 4.90 Å². The Morgan fingerprint density at radius 2 is 1.75 bits per heavy atom. The van der Waals surface area contributed by atoms with Gasteiger partial charge >= 0.3 is 0 Å². The summed E-state index contributed by atoms with van der Waals surface area (Å²) in [5, 5.41) is 1.07. The Labute approximate surface area is 164 Å². The lowest BCUT2D eigenvalue weighted by atomic mass is 10.0. The molecule has 0 unspecified atom stereocenters. The van der Waals surface area contributed by atoms with Gasteiger partial charge in [-0.1, -0.05) is 30.3 Å². The van der Waals surface area contributed by atoms with Crippen molar-refractivity contribution in [3.63, 3.8) is 0 Å². The Balaban J connectivity index is 1.38. The second-order valence-electron chi connectivity index (χ2n) is 7.58. The molecule has 146 valence electrons. The predicted octanol–water partition coefficient (Wildman–Crippen LogP) is 4.45. The lowest BCUT2D eigenvalue weighted by molar-refractivity contribution is -0.185. The van der Waals surface area contributed by atoms with Crippen LogP contribution in [0.4, 0.5) is 0 Å². The molecule has 3 heterocycles. The fourth-order valence-corrected chi connectivity index (χ4v) is 4.26. The highest BCUT2D eigenvalue weighted by Gasteiger charge is 2.39. The van der Waals surface area contributed by atoms with E-state index in [-0.39, 0.29) is 5.79 Å². The third-order valence-corrected chi connectivity index (χ3v) is 5.76. The van der Waals surface area contributed by atoms with E-state index in [1.54, 1.807) is 7.11 Å². The van der Waals surface area contributed by atoms with Gasteiger partial charge in [0.15, 0.2) is 17.1 Å². The van der Waals surface area contributed by atoms with Crippen molar-refractivity contribution in [1.29, 1.82) is 0 Å². The van der Waals surface area contributed by atoms with Crippen molar-refractivity contribution in [3.8, 4) is 17.1 Å². The van der Waals surface area contributed by atoms with Crippen molar-refractivity contribution < 1.29 is 18.6 Å². The van der Waals surface area contributed by atoms with Crippen LogP contribution in [0, 0.1) is 0 Å². The molecule has 2 aliphatic rings. The molecule has 2 aliphatic heterocycles. The molecule has 2 fully saturated rings. The largest absolute Gasteiger partial charge is 0.493 e. The van der Waals surface area contributed by atoms with E-state index in [4.69, 9.17) is 18.6 Å². The summed E-state index contributed by atoms with van der Waals surface area (Å²) in [6.45, 7) is 4.27. The Hall–Kier alpha value is -2.34. The lowest BCUT2D eigenvalue weighted by Gasteiger charge is -2.37. The van der Waals surface area contributed by atoms with E-state index in [9.17, 15) is 0 Å². The van der Waals surface area contributed by atoms with Gasteiger partial charge in [-0.15, -0.1) is 0 Å².